The molecule has 0 aliphatic carbocycles. The summed E-state index contributed by atoms with van der Waals surface area (Å²) in [5.41, 5.74) is 1.52. The number of amides is 1. The number of imidazole rings is 1. The molecule has 1 aliphatic heterocycles. The third kappa shape index (κ3) is 4.64. The Morgan fingerprint density at radius 3 is 2.74 bits per heavy atom. The number of thioether (sulfide) groups is 1. The Labute approximate surface area is 181 Å². The van der Waals surface area contributed by atoms with Crippen molar-refractivity contribution in [3.05, 3.63) is 65.7 Å². The lowest BCUT2D eigenvalue weighted by atomic mass is 10.2. The summed E-state index contributed by atoms with van der Waals surface area (Å²) in [4.78, 5) is 28.9. The van der Waals surface area contributed by atoms with E-state index in [0.717, 1.165) is 5.56 Å². The number of aromatic nitrogens is 2. The minimum atomic E-state index is -0.713. The molecule has 0 fully saturated rings. The highest BCUT2D eigenvalue weighted by Crippen LogP contribution is 2.32. The largest absolute Gasteiger partial charge is 0.454 e. The Kier molecular flexibility index (Phi) is 6.08. The molecule has 0 radical (unpaired) electrons. The van der Waals surface area contributed by atoms with Crippen molar-refractivity contribution in [2.45, 2.75) is 11.7 Å². The summed E-state index contributed by atoms with van der Waals surface area (Å²) < 4.78 is 30.5. The van der Waals surface area contributed by atoms with E-state index >= 15 is 0 Å². The molecule has 4 rings (SSSR count). The van der Waals surface area contributed by atoms with Crippen molar-refractivity contribution in [1.29, 1.82) is 0 Å². The molecule has 0 spiro atoms. The second-order valence-corrected chi connectivity index (χ2v) is 7.26. The molecular formula is C21H18FN3O5S. The van der Waals surface area contributed by atoms with Gasteiger partial charge in [0.1, 0.15) is 5.82 Å². The summed E-state index contributed by atoms with van der Waals surface area (Å²) >= 11 is 1.32. The first-order chi connectivity index (χ1) is 15.0. The molecule has 31 heavy (non-hydrogen) atoms. The van der Waals surface area contributed by atoms with E-state index in [1.807, 2.05) is 6.07 Å². The molecule has 2 heterocycles. The van der Waals surface area contributed by atoms with Gasteiger partial charge in [-0.15, -0.1) is 0 Å². The van der Waals surface area contributed by atoms with E-state index in [0.29, 0.717) is 22.3 Å². The number of fused-ring (bicyclic) bond motifs is 1. The fourth-order valence-corrected chi connectivity index (χ4v) is 3.51. The first-order valence-corrected chi connectivity index (χ1v) is 10.5. The van der Waals surface area contributed by atoms with Crippen molar-refractivity contribution in [1.82, 2.24) is 14.9 Å². The van der Waals surface area contributed by atoms with Crippen LogP contribution in [0.4, 0.5) is 4.39 Å². The van der Waals surface area contributed by atoms with Crippen molar-refractivity contribution in [2.75, 3.05) is 19.7 Å². The van der Waals surface area contributed by atoms with Crippen LogP contribution < -0.4 is 14.8 Å². The molecule has 10 heteroatoms. The van der Waals surface area contributed by atoms with Crippen LogP contribution in [0.1, 0.15) is 16.1 Å². The monoisotopic (exact) mass is 443 g/mol. The SMILES string of the molecule is CSc1ncc(C(=O)OCC(=O)NCc2ccc3c(c2)OCO3)n1-c1ccc(F)cc1. The molecule has 0 saturated carbocycles. The fraction of sp³-hybridized carbons (Fsp3) is 0.190. The average Bonchev–Trinajstić information content (AvgIpc) is 3.43. The lowest BCUT2D eigenvalue weighted by Gasteiger charge is -2.11. The standard InChI is InChI=1S/C21H18FN3O5S/c1-31-21-24-10-16(25(21)15-5-3-14(22)4-6-15)20(27)28-11-19(26)23-9-13-2-7-17-18(8-13)30-12-29-17/h2-8,10H,9,11-12H2,1H3,(H,23,26). The Balaban J connectivity index is 1.37. The zero-order valence-electron chi connectivity index (χ0n) is 16.5. The smallest absolute Gasteiger partial charge is 0.357 e. The van der Waals surface area contributed by atoms with Crippen LogP contribution in [-0.4, -0.2) is 41.1 Å². The third-order valence-corrected chi connectivity index (χ3v) is 5.12. The van der Waals surface area contributed by atoms with E-state index < -0.39 is 24.3 Å². The number of esters is 1. The van der Waals surface area contributed by atoms with Crippen LogP contribution in [0.5, 0.6) is 11.5 Å². The molecule has 1 N–H and O–H groups in total. The Morgan fingerprint density at radius 2 is 1.97 bits per heavy atom. The number of hydrogen-bond donors (Lipinski definition) is 1. The topological polar surface area (TPSA) is 91.7 Å². The summed E-state index contributed by atoms with van der Waals surface area (Å²) in [5, 5.41) is 3.22. The summed E-state index contributed by atoms with van der Waals surface area (Å²) in [5.74, 6) is -0.277. The number of ether oxygens (including phenoxy) is 3. The summed E-state index contributed by atoms with van der Waals surface area (Å²) in [6, 6.07) is 11.0. The van der Waals surface area contributed by atoms with Gasteiger partial charge in [0.05, 0.1) is 6.20 Å². The molecule has 3 aromatic rings. The number of rotatable bonds is 7. The van der Waals surface area contributed by atoms with Gasteiger partial charge >= 0.3 is 5.97 Å². The van der Waals surface area contributed by atoms with Crippen molar-refractivity contribution in [2.24, 2.45) is 0 Å². The Hall–Kier alpha value is -3.53. The summed E-state index contributed by atoms with van der Waals surface area (Å²) in [7, 11) is 0. The molecule has 1 amide bonds. The quantitative estimate of drug-likeness (QED) is 0.443. The molecular weight excluding hydrogens is 425 g/mol. The van der Waals surface area contributed by atoms with Gasteiger partial charge in [0, 0.05) is 12.2 Å². The summed E-state index contributed by atoms with van der Waals surface area (Å²) in [6.45, 7) is -0.0302. The van der Waals surface area contributed by atoms with Gasteiger partial charge in [-0.2, -0.15) is 0 Å². The predicted molar refractivity (Wildman–Crippen MR) is 110 cm³/mol. The van der Waals surface area contributed by atoms with Crippen molar-refractivity contribution in [3.8, 4) is 17.2 Å². The van der Waals surface area contributed by atoms with E-state index in [4.69, 9.17) is 14.2 Å². The molecule has 160 valence electrons. The number of nitrogens with one attached hydrogen (secondary N) is 1. The van der Waals surface area contributed by atoms with Gasteiger partial charge in [-0.3, -0.25) is 9.36 Å². The second-order valence-electron chi connectivity index (χ2n) is 6.48. The van der Waals surface area contributed by atoms with E-state index in [2.05, 4.69) is 10.3 Å². The van der Waals surface area contributed by atoms with Crippen molar-refractivity contribution >= 4 is 23.6 Å². The van der Waals surface area contributed by atoms with Gasteiger partial charge in [0.15, 0.2) is 29.0 Å². The maximum Gasteiger partial charge on any atom is 0.357 e. The highest BCUT2D eigenvalue weighted by molar-refractivity contribution is 7.98. The first-order valence-electron chi connectivity index (χ1n) is 9.25. The molecule has 2 aromatic carbocycles. The Bertz CT molecular complexity index is 1120. The molecule has 0 atom stereocenters. The van der Waals surface area contributed by atoms with Crippen LogP contribution >= 0.6 is 11.8 Å². The van der Waals surface area contributed by atoms with Crippen LogP contribution in [0.15, 0.2) is 53.8 Å². The molecule has 0 saturated heterocycles. The average molecular weight is 443 g/mol. The van der Waals surface area contributed by atoms with E-state index in [1.54, 1.807) is 23.0 Å². The Morgan fingerprint density at radius 1 is 1.19 bits per heavy atom. The first kappa shape index (κ1) is 20.7. The number of hydrogen-bond acceptors (Lipinski definition) is 7. The minimum absolute atomic E-state index is 0.138. The zero-order valence-corrected chi connectivity index (χ0v) is 17.3. The highest BCUT2D eigenvalue weighted by Gasteiger charge is 2.20. The number of halogens is 1. The van der Waals surface area contributed by atoms with Crippen LogP contribution in [0, 0.1) is 5.82 Å². The molecule has 1 aromatic heterocycles. The second kappa shape index (κ2) is 9.09. The van der Waals surface area contributed by atoms with Gasteiger partial charge in [-0.1, -0.05) is 17.8 Å². The van der Waals surface area contributed by atoms with Crippen molar-refractivity contribution in [3.63, 3.8) is 0 Å². The van der Waals surface area contributed by atoms with Gasteiger partial charge in [0.2, 0.25) is 6.79 Å². The predicted octanol–water partition coefficient (Wildman–Crippen LogP) is 2.94. The highest BCUT2D eigenvalue weighted by atomic mass is 32.2. The maximum absolute atomic E-state index is 13.3. The van der Waals surface area contributed by atoms with Crippen molar-refractivity contribution < 1.29 is 28.2 Å². The number of carbonyl (C=O) groups is 2. The van der Waals surface area contributed by atoms with Gasteiger partial charge < -0.3 is 19.5 Å². The minimum Gasteiger partial charge on any atom is -0.454 e. The van der Waals surface area contributed by atoms with Crippen LogP contribution in [-0.2, 0) is 16.1 Å². The van der Waals surface area contributed by atoms with Crippen LogP contribution in [0.3, 0.4) is 0 Å². The number of carbonyl (C=O) groups excluding carboxylic acids is 2. The zero-order chi connectivity index (χ0) is 21.8. The normalized spacial score (nSPS) is 11.9. The van der Waals surface area contributed by atoms with Gasteiger partial charge in [-0.25, -0.2) is 14.2 Å². The lowest BCUT2D eigenvalue weighted by Crippen LogP contribution is -2.28. The summed E-state index contributed by atoms with van der Waals surface area (Å²) in [6.07, 6.45) is 3.17. The van der Waals surface area contributed by atoms with E-state index in [9.17, 15) is 14.0 Å². The van der Waals surface area contributed by atoms with Gasteiger partial charge in [-0.05, 0) is 48.2 Å². The van der Waals surface area contributed by atoms with Crippen LogP contribution in [0.25, 0.3) is 5.69 Å². The molecule has 8 nitrogen and oxygen atoms in total. The van der Waals surface area contributed by atoms with E-state index in [1.165, 1.54) is 42.2 Å². The van der Waals surface area contributed by atoms with Gasteiger partial charge in [0.25, 0.3) is 5.91 Å². The lowest BCUT2D eigenvalue weighted by molar-refractivity contribution is -0.124. The molecule has 0 bridgehead atoms. The van der Waals surface area contributed by atoms with E-state index in [-0.39, 0.29) is 19.0 Å². The number of nitrogens with zero attached hydrogens (tertiary/aromatic N) is 2. The number of benzene rings is 2. The molecule has 0 unspecified atom stereocenters. The fourth-order valence-electron chi connectivity index (χ4n) is 2.97. The molecule has 1 aliphatic rings. The third-order valence-electron chi connectivity index (χ3n) is 4.47. The van der Waals surface area contributed by atoms with Crippen LogP contribution in [0.2, 0.25) is 0 Å². The maximum atomic E-state index is 13.3.